The van der Waals surface area contributed by atoms with E-state index in [1.807, 2.05) is 9.80 Å². The van der Waals surface area contributed by atoms with Gasteiger partial charge in [0.1, 0.15) is 30.2 Å². The molecule has 8 N–H and O–H groups in total. The van der Waals surface area contributed by atoms with Gasteiger partial charge in [0.15, 0.2) is 11.4 Å². The molecule has 25 heteroatoms. The third kappa shape index (κ3) is 10.5. The second kappa shape index (κ2) is 20.2. The van der Waals surface area contributed by atoms with Crippen molar-refractivity contribution < 1.29 is 34.1 Å². The zero-order chi connectivity index (χ0) is 48.9. The number of piperazine rings is 2. The highest BCUT2D eigenvalue weighted by Gasteiger charge is 2.29. The number of carbonyl (C=O) groups excluding carboxylic acids is 2. The number of aliphatic hydroxyl groups excluding tert-OH is 1. The van der Waals surface area contributed by atoms with Crippen molar-refractivity contribution in [1.29, 1.82) is 0 Å². The van der Waals surface area contributed by atoms with E-state index in [2.05, 4.69) is 30.9 Å². The van der Waals surface area contributed by atoms with E-state index < -0.39 is 5.97 Å². The number of rotatable bonds is 16. The minimum atomic E-state index is -1.23. The zero-order valence-corrected chi connectivity index (χ0v) is 37.8. The number of carboxylic acid groups (broad SMARTS) is 1. The summed E-state index contributed by atoms with van der Waals surface area (Å²) in [5, 5.41) is 50.2. The van der Waals surface area contributed by atoms with Gasteiger partial charge in [0.05, 0.1) is 17.0 Å². The molecule has 70 heavy (non-hydrogen) atoms. The van der Waals surface area contributed by atoms with Crippen molar-refractivity contribution in [3.05, 3.63) is 94.2 Å². The van der Waals surface area contributed by atoms with Crippen LogP contribution in [-0.4, -0.2) is 159 Å². The SMILES string of the molecule is NC(N)=NCCCc1cn(CC(=O)N2CCN(c3nc(Nc4ccc(-c5c6ccc(=O)cc-6oc6cc(O)ccc56)c(C(=O)O)c4)nc(N4CCN(C(=O)Cn5cc(CCO)nn5)CC4)n3)CC2)nn1. The largest absolute Gasteiger partial charge is 0.508 e. The lowest BCUT2D eigenvalue weighted by Gasteiger charge is -2.36. The molecule has 25 nitrogen and oxygen atoms in total. The average Bonchev–Trinajstić information content (AvgIpc) is 4.00. The van der Waals surface area contributed by atoms with Gasteiger partial charge in [-0.25, -0.2) is 14.2 Å². The molecule has 9 rings (SSSR count). The van der Waals surface area contributed by atoms with Gasteiger partial charge in [-0.1, -0.05) is 16.5 Å². The topological polar surface area (TPSA) is 332 Å². The lowest BCUT2D eigenvalue weighted by molar-refractivity contribution is -0.133. The van der Waals surface area contributed by atoms with Crippen LogP contribution in [0.2, 0.25) is 0 Å². The molecule has 0 saturated carbocycles. The van der Waals surface area contributed by atoms with Crippen LogP contribution in [0.25, 0.3) is 33.4 Å². The van der Waals surface area contributed by atoms with Crippen molar-refractivity contribution in [2.75, 3.05) is 80.6 Å². The van der Waals surface area contributed by atoms with E-state index >= 15 is 0 Å². The Labute approximate surface area is 398 Å². The summed E-state index contributed by atoms with van der Waals surface area (Å²) in [4.78, 5) is 77.9. The monoisotopic (exact) mass is 955 g/mol. The maximum Gasteiger partial charge on any atom is 0.336 e. The number of benzene rings is 3. The van der Waals surface area contributed by atoms with E-state index in [0.29, 0.717) is 124 Å². The van der Waals surface area contributed by atoms with Gasteiger partial charge in [0.25, 0.3) is 0 Å². The fourth-order valence-electron chi connectivity index (χ4n) is 8.42. The van der Waals surface area contributed by atoms with E-state index in [1.165, 1.54) is 39.7 Å². The lowest BCUT2D eigenvalue weighted by Crippen LogP contribution is -2.51. The number of aryl methyl sites for hydroxylation is 1. The van der Waals surface area contributed by atoms with Crippen LogP contribution >= 0.6 is 0 Å². The van der Waals surface area contributed by atoms with Gasteiger partial charge >= 0.3 is 5.97 Å². The molecule has 2 aromatic carbocycles. The van der Waals surface area contributed by atoms with E-state index in [-0.39, 0.29) is 71.5 Å². The molecule has 2 fully saturated rings. The Balaban J connectivity index is 0.955. The van der Waals surface area contributed by atoms with Crippen LogP contribution in [0.5, 0.6) is 5.75 Å². The Morgan fingerprint density at radius 3 is 1.96 bits per heavy atom. The third-order valence-corrected chi connectivity index (χ3v) is 11.9. The molecule has 2 saturated heterocycles. The fourth-order valence-corrected chi connectivity index (χ4v) is 8.42. The number of aliphatic hydroxyl groups is 1. The Kier molecular flexibility index (Phi) is 13.4. The summed E-state index contributed by atoms with van der Waals surface area (Å²) < 4.78 is 8.95. The predicted octanol–water partition coefficient (Wildman–Crippen LogP) is 0.519. The molecule has 1 aliphatic carbocycles. The van der Waals surface area contributed by atoms with Gasteiger partial charge in [-0.3, -0.25) is 19.4 Å². The summed E-state index contributed by atoms with van der Waals surface area (Å²) in [5.74, 6) is -0.550. The van der Waals surface area contributed by atoms with Crippen molar-refractivity contribution in [3.8, 4) is 28.2 Å². The fraction of sp³-hybridized carbons (Fsp3) is 0.333. The number of amides is 2. The molecule has 3 aliphatic heterocycles. The number of phenols is 1. The summed E-state index contributed by atoms with van der Waals surface area (Å²) >= 11 is 0. The van der Waals surface area contributed by atoms with Gasteiger partial charge < -0.3 is 56.1 Å². The highest BCUT2D eigenvalue weighted by Crippen LogP contribution is 2.42. The van der Waals surface area contributed by atoms with Crippen molar-refractivity contribution in [1.82, 2.24) is 54.7 Å². The quantitative estimate of drug-likeness (QED) is 0.0333. The first kappa shape index (κ1) is 46.4. The number of nitrogens with one attached hydrogen (secondary N) is 1. The Bertz CT molecular complexity index is 3110. The van der Waals surface area contributed by atoms with Crippen molar-refractivity contribution >= 4 is 58.2 Å². The minimum absolute atomic E-state index is 0.00754. The first-order chi connectivity index (χ1) is 33.9. The second-order valence-electron chi connectivity index (χ2n) is 16.7. The molecular weight excluding hydrogens is 907 g/mol. The molecule has 2 amide bonds. The van der Waals surface area contributed by atoms with Crippen molar-refractivity contribution in [3.63, 3.8) is 0 Å². The number of nitrogens with two attached hydrogens (primary N) is 2. The van der Waals surface area contributed by atoms with Crippen molar-refractivity contribution in [2.24, 2.45) is 16.5 Å². The maximum atomic E-state index is 13.4. The lowest BCUT2D eigenvalue weighted by atomic mass is 9.90. The number of aromatic hydroxyl groups is 1. The molecular formula is C45H49N17O8. The molecule has 4 aliphatic rings. The number of nitrogens with zero attached hydrogens (tertiary/aromatic N) is 14. The predicted molar refractivity (Wildman–Crippen MR) is 254 cm³/mol. The Hall–Kier alpha value is -8.74. The first-order valence-corrected chi connectivity index (χ1v) is 22.5. The molecule has 5 aromatic rings. The normalized spacial score (nSPS) is 14.1. The highest BCUT2D eigenvalue weighted by molar-refractivity contribution is 6.08. The van der Waals surface area contributed by atoms with Crippen LogP contribution in [-0.2, 0) is 35.5 Å². The van der Waals surface area contributed by atoms with Crippen LogP contribution in [0.15, 0.2) is 81.2 Å². The number of hydrogen-bond acceptors (Lipinski definition) is 18. The molecule has 0 radical (unpaired) electrons. The summed E-state index contributed by atoms with van der Waals surface area (Å²) in [7, 11) is 0. The highest BCUT2D eigenvalue weighted by atomic mass is 16.4. The zero-order valence-electron chi connectivity index (χ0n) is 37.8. The molecule has 0 atom stereocenters. The summed E-state index contributed by atoms with van der Waals surface area (Å²) in [5.41, 5.74) is 13.7. The number of fused-ring (bicyclic) bond motifs is 2. The average molecular weight is 956 g/mol. The van der Waals surface area contributed by atoms with Crippen LogP contribution < -0.4 is 32.0 Å². The van der Waals surface area contributed by atoms with E-state index in [0.717, 1.165) is 5.69 Å². The second-order valence-corrected chi connectivity index (χ2v) is 16.7. The Morgan fingerprint density at radius 2 is 1.36 bits per heavy atom. The van der Waals surface area contributed by atoms with Gasteiger partial charge in [-0.2, -0.15) is 15.0 Å². The number of phenolic OH excluding ortho intramolecular Hbond substituents is 1. The summed E-state index contributed by atoms with van der Waals surface area (Å²) in [6.07, 6.45) is 4.98. The standard InChI is InChI=1S/C45H49N17O8/c46-42(47)48-10-1-2-28-23-61(55-53-28)25-38(66)57-11-15-59(16-12-57)44-50-43(51-45(52-44)60-17-13-58(14-18-60)39(67)26-62-24-29(9-19-63)54-56-62)49-27-3-6-32(35(20-27)41(68)69)40-33-7-4-30(64)21-36(33)70-37-22-31(65)5-8-34(37)40/h3-8,20-24,63-64H,1-2,9-19,25-26H2,(H,68,69)(H4,46,47,48)(H,49,50,51,52). The summed E-state index contributed by atoms with van der Waals surface area (Å²) in [6.45, 7) is 3.40. The number of aromatic nitrogens is 9. The van der Waals surface area contributed by atoms with Crippen LogP contribution in [0.3, 0.4) is 0 Å². The number of aromatic carboxylic acids is 1. The van der Waals surface area contributed by atoms with Gasteiger partial charge in [0.2, 0.25) is 29.7 Å². The van der Waals surface area contributed by atoms with Gasteiger partial charge in [0, 0.05) is 119 Å². The number of carbonyl (C=O) groups is 3. The molecule has 6 heterocycles. The van der Waals surface area contributed by atoms with E-state index in [4.69, 9.17) is 30.8 Å². The third-order valence-electron chi connectivity index (χ3n) is 11.9. The van der Waals surface area contributed by atoms with Crippen molar-refractivity contribution in [2.45, 2.75) is 32.4 Å². The first-order valence-electron chi connectivity index (χ1n) is 22.5. The number of carboxylic acids is 1. The van der Waals surface area contributed by atoms with Gasteiger partial charge in [-0.05, 0) is 54.8 Å². The molecule has 0 bridgehead atoms. The molecule has 3 aromatic heterocycles. The minimum Gasteiger partial charge on any atom is -0.508 e. The van der Waals surface area contributed by atoms with Crippen LogP contribution in [0.1, 0.15) is 28.2 Å². The number of anilines is 4. The molecule has 0 unspecified atom stereocenters. The van der Waals surface area contributed by atoms with Crippen LogP contribution in [0.4, 0.5) is 23.5 Å². The molecule has 362 valence electrons. The number of aliphatic imine (C=N–C) groups is 1. The smallest absolute Gasteiger partial charge is 0.336 e. The number of guanidine groups is 1. The molecule has 0 spiro atoms. The summed E-state index contributed by atoms with van der Waals surface area (Å²) in [6, 6.07) is 13.6. The maximum absolute atomic E-state index is 13.4. The van der Waals surface area contributed by atoms with E-state index in [9.17, 15) is 34.5 Å². The Morgan fingerprint density at radius 1 is 0.743 bits per heavy atom. The number of hydrogen-bond donors (Lipinski definition) is 6. The van der Waals surface area contributed by atoms with Gasteiger partial charge in [-0.15, -0.1) is 10.2 Å². The van der Waals surface area contributed by atoms with Crippen LogP contribution in [0, 0.1) is 0 Å². The van der Waals surface area contributed by atoms with E-state index in [1.54, 1.807) is 46.5 Å².